The molecule has 1 fully saturated rings. The lowest BCUT2D eigenvalue weighted by Gasteiger charge is -2.30. The second kappa shape index (κ2) is 11.7. The van der Waals surface area contributed by atoms with Gasteiger partial charge in [-0.1, -0.05) is 41.4 Å². The maximum atomic E-state index is 13.0. The van der Waals surface area contributed by atoms with E-state index >= 15 is 0 Å². The Morgan fingerprint density at radius 3 is 2.47 bits per heavy atom. The zero-order valence-corrected chi connectivity index (χ0v) is 20.5. The lowest BCUT2D eigenvalue weighted by atomic mass is 9.97. The van der Waals surface area contributed by atoms with Gasteiger partial charge in [-0.15, -0.1) is 0 Å². The maximum absolute atomic E-state index is 13.0. The van der Waals surface area contributed by atoms with Gasteiger partial charge in [-0.2, -0.15) is 11.8 Å². The Morgan fingerprint density at radius 2 is 1.81 bits per heavy atom. The summed E-state index contributed by atoms with van der Waals surface area (Å²) < 4.78 is 39.7. The normalized spacial score (nSPS) is 15.6. The minimum atomic E-state index is -3.50. The van der Waals surface area contributed by atoms with Gasteiger partial charge in [0.15, 0.2) is 0 Å². The minimum Gasteiger partial charge on any atom is -0.355 e. The summed E-state index contributed by atoms with van der Waals surface area (Å²) in [7, 11) is -3.50. The highest BCUT2D eigenvalue weighted by atomic mass is 35.5. The molecule has 174 valence electrons. The number of carbonyl (C=O) groups excluding carboxylic acids is 1. The third kappa shape index (κ3) is 7.35. The highest BCUT2D eigenvalue weighted by Gasteiger charge is 2.31. The Kier molecular flexibility index (Phi) is 9.25. The first-order valence-electron chi connectivity index (χ1n) is 10.3. The average molecular weight is 519 g/mol. The molecule has 2 aromatic rings. The number of nitrogens with zero attached hydrogens (tertiary/aromatic N) is 1. The summed E-state index contributed by atoms with van der Waals surface area (Å²) in [6.45, 7) is 1.16. The summed E-state index contributed by atoms with van der Waals surface area (Å²) in [5.74, 6) is 0.684. The van der Waals surface area contributed by atoms with E-state index in [1.807, 2.05) is 6.07 Å². The summed E-state index contributed by atoms with van der Waals surface area (Å²) in [4.78, 5) is 12.4. The first-order chi connectivity index (χ1) is 15.2. The van der Waals surface area contributed by atoms with E-state index in [4.69, 9.17) is 23.2 Å². The Balaban J connectivity index is 1.37. The van der Waals surface area contributed by atoms with Crippen molar-refractivity contribution < 1.29 is 17.6 Å². The Bertz CT molecular complexity index is 1030. The summed E-state index contributed by atoms with van der Waals surface area (Å²) in [5.41, 5.74) is 1.55. The number of amides is 1. The number of carbonyl (C=O) groups is 1. The highest BCUT2D eigenvalue weighted by Crippen LogP contribution is 2.25. The van der Waals surface area contributed by atoms with Gasteiger partial charge in [0.25, 0.3) is 0 Å². The van der Waals surface area contributed by atoms with Gasteiger partial charge in [-0.3, -0.25) is 4.79 Å². The van der Waals surface area contributed by atoms with Gasteiger partial charge in [0.05, 0.1) is 5.75 Å². The molecule has 5 nitrogen and oxygen atoms in total. The van der Waals surface area contributed by atoms with Crippen molar-refractivity contribution in [2.45, 2.75) is 24.3 Å². The van der Waals surface area contributed by atoms with Crippen LogP contribution in [0.15, 0.2) is 42.5 Å². The van der Waals surface area contributed by atoms with Crippen LogP contribution in [0.2, 0.25) is 10.0 Å². The largest absolute Gasteiger partial charge is 0.355 e. The molecule has 1 aliphatic heterocycles. The van der Waals surface area contributed by atoms with E-state index in [2.05, 4.69) is 5.32 Å². The number of piperidine rings is 1. The zero-order valence-electron chi connectivity index (χ0n) is 17.4. The summed E-state index contributed by atoms with van der Waals surface area (Å²) in [6.07, 6.45) is 0.976. The predicted molar refractivity (Wildman–Crippen MR) is 129 cm³/mol. The number of halogens is 3. The Hall–Kier alpha value is -1.32. The first-order valence-corrected chi connectivity index (χ1v) is 13.8. The molecule has 0 aromatic heterocycles. The molecule has 0 aliphatic carbocycles. The van der Waals surface area contributed by atoms with Gasteiger partial charge >= 0.3 is 0 Å². The van der Waals surface area contributed by atoms with Crippen molar-refractivity contribution in [1.29, 1.82) is 0 Å². The van der Waals surface area contributed by atoms with Crippen molar-refractivity contribution in [3.8, 4) is 0 Å². The Labute approximate surface area is 202 Å². The van der Waals surface area contributed by atoms with Gasteiger partial charge < -0.3 is 5.32 Å². The van der Waals surface area contributed by atoms with Crippen LogP contribution < -0.4 is 5.32 Å². The van der Waals surface area contributed by atoms with Crippen LogP contribution in [-0.2, 0) is 26.3 Å². The van der Waals surface area contributed by atoms with Gasteiger partial charge in [0.1, 0.15) is 5.82 Å². The molecule has 1 saturated heterocycles. The molecule has 0 spiro atoms. The van der Waals surface area contributed by atoms with E-state index in [1.165, 1.54) is 28.6 Å². The van der Waals surface area contributed by atoms with E-state index in [-0.39, 0.29) is 17.6 Å². The second-order valence-electron chi connectivity index (χ2n) is 7.64. The maximum Gasteiger partial charge on any atom is 0.223 e. The number of rotatable bonds is 9. The summed E-state index contributed by atoms with van der Waals surface area (Å²) in [6, 6.07) is 10.9. The van der Waals surface area contributed by atoms with Crippen LogP contribution >= 0.6 is 35.0 Å². The van der Waals surface area contributed by atoms with Crippen LogP contribution in [0.4, 0.5) is 4.39 Å². The van der Waals surface area contributed by atoms with E-state index in [0.29, 0.717) is 48.1 Å². The van der Waals surface area contributed by atoms with Crippen molar-refractivity contribution in [3.05, 3.63) is 69.5 Å². The van der Waals surface area contributed by atoms with Crippen molar-refractivity contribution in [3.63, 3.8) is 0 Å². The molecule has 3 rings (SSSR count). The molecule has 1 aliphatic rings. The quantitative estimate of drug-likeness (QED) is 0.487. The minimum absolute atomic E-state index is 0.0364. The molecule has 0 unspecified atom stereocenters. The lowest BCUT2D eigenvalue weighted by molar-refractivity contribution is -0.125. The smallest absolute Gasteiger partial charge is 0.223 e. The van der Waals surface area contributed by atoms with Crippen LogP contribution in [0, 0.1) is 11.7 Å². The Morgan fingerprint density at radius 1 is 1.12 bits per heavy atom. The zero-order chi connectivity index (χ0) is 23.1. The predicted octanol–water partition coefficient (Wildman–Crippen LogP) is 4.72. The van der Waals surface area contributed by atoms with E-state index in [1.54, 1.807) is 23.9 Å². The molecular weight excluding hydrogens is 494 g/mol. The molecule has 0 radical (unpaired) electrons. The molecule has 32 heavy (non-hydrogen) atoms. The molecule has 1 amide bonds. The van der Waals surface area contributed by atoms with Crippen molar-refractivity contribution in [1.82, 2.24) is 9.62 Å². The first kappa shape index (κ1) is 25.3. The third-order valence-electron chi connectivity index (χ3n) is 5.30. The van der Waals surface area contributed by atoms with Crippen LogP contribution in [0.5, 0.6) is 0 Å². The molecule has 0 bridgehead atoms. The van der Waals surface area contributed by atoms with Crippen LogP contribution in [0.1, 0.15) is 24.0 Å². The second-order valence-corrected chi connectivity index (χ2v) is 11.6. The van der Waals surface area contributed by atoms with Gasteiger partial charge in [0.2, 0.25) is 15.9 Å². The van der Waals surface area contributed by atoms with Crippen LogP contribution in [0.3, 0.4) is 0 Å². The fourth-order valence-electron chi connectivity index (χ4n) is 3.49. The van der Waals surface area contributed by atoms with Crippen molar-refractivity contribution >= 4 is 50.9 Å². The van der Waals surface area contributed by atoms with Crippen LogP contribution in [-0.4, -0.2) is 44.0 Å². The fraction of sp³-hybridized carbons (Fsp3) is 0.409. The van der Waals surface area contributed by atoms with Crippen molar-refractivity contribution in [2.24, 2.45) is 5.92 Å². The van der Waals surface area contributed by atoms with E-state index in [9.17, 15) is 17.6 Å². The van der Waals surface area contributed by atoms with Gasteiger partial charge in [-0.25, -0.2) is 17.1 Å². The highest BCUT2D eigenvalue weighted by molar-refractivity contribution is 7.98. The SMILES string of the molecule is O=C(NCCSCc1ccc(Cl)cc1Cl)C1CCN(S(=O)(=O)Cc2ccc(F)cc2)CC1. The number of nitrogens with one attached hydrogen (secondary N) is 1. The fourth-order valence-corrected chi connectivity index (χ4v) is 6.47. The number of benzene rings is 2. The molecule has 1 heterocycles. The molecule has 1 N–H and O–H groups in total. The van der Waals surface area contributed by atoms with Crippen molar-refractivity contribution in [2.75, 3.05) is 25.4 Å². The molecular formula is C22H25Cl2FN2O3S2. The topological polar surface area (TPSA) is 66.5 Å². The summed E-state index contributed by atoms with van der Waals surface area (Å²) in [5, 5.41) is 4.18. The average Bonchev–Trinajstić information content (AvgIpc) is 2.76. The lowest BCUT2D eigenvalue weighted by Crippen LogP contribution is -2.43. The standard InChI is InChI=1S/C22H25Cl2FN2O3S2/c23-19-4-3-18(21(24)13-19)14-31-12-9-26-22(28)17-7-10-27(11-8-17)32(29,30)15-16-1-5-20(25)6-2-16/h1-6,13,17H,7-12,14-15H2,(H,26,28). The number of hydrogen-bond donors (Lipinski definition) is 1. The number of hydrogen-bond acceptors (Lipinski definition) is 4. The monoisotopic (exact) mass is 518 g/mol. The van der Waals surface area contributed by atoms with Gasteiger partial charge in [0, 0.05) is 47.1 Å². The van der Waals surface area contributed by atoms with E-state index < -0.39 is 15.8 Å². The van der Waals surface area contributed by atoms with E-state index in [0.717, 1.165) is 17.1 Å². The molecule has 10 heteroatoms. The van der Waals surface area contributed by atoms with Crippen LogP contribution in [0.25, 0.3) is 0 Å². The molecule has 0 atom stereocenters. The molecule has 0 saturated carbocycles. The van der Waals surface area contributed by atoms with Gasteiger partial charge in [-0.05, 0) is 48.2 Å². The third-order valence-corrected chi connectivity index (χ3v) is 8.74. The summed E-state index contributed by atoms with van der Waals surface area (Å²) >= 11 is 13.7. The number of thioether (sulfide) groups is 1. The molecule has 2 aromatic carbocycles. The number of sulfonamides is 1.